The largest absolute Gasteiger partial charge is 0.481 e. The Hall–Kier alpha value is -2.65. The van der Waals surface area contributed by atoms with Gasteiger partial charge in [0.15, 0.2) is 6.04 Å². The fourth-order valence-electron chi connectivity index (χ4n) is 1.35. The number of aliphatic imine (C=N–C) groups is 1. The molecule has 0 spiro atoms. The van der Waals surface area contributed by atoms with Crippen LogP contribution < -0.4 is 5.32 Å². The summed E-state index contributed by atoms with van der Waals surface area (Å²) in [6.45, 7) is 1.53. The van der Waals surface area contributed by atoms with Crippen LogP contribution in [0, 0.1) is 0 Å². The number of rotatable bonds is 9. The van der Waals surface area contributed by atoms with Crippen LogP contribution in [0.1, 0.15) is 26.2 Å². The van der Waals surface area contributed by atoms with E-state index >= 15 is 0 Å². The summed E-state index contributed by atoms with van der Waals surface area (Å²) in [5.41, 5.74) is 0. The van der Waals surface area contributed by atoms with Crippen LogP contribution in [0.5, 0.6) is 0 Å². The molecule has 0 amide bonds. The van der Waals surface area contributed by atoms with Crippen molar-refractivity contribution >= 4 is 29.7 Å². The molecule has 0 aromatic rings. The summed E-state index contributed by atoms with van der Waals surface area (Å²) < 4.78 is 0. The van der Waals surface area contributed by atoms with Crippen molar-refractivity contribution in [1.82, 2.24) is 5.32 Å². The lowest BCUT2D eigenvalue weighted by Crippen LogP contribution is -2.43. The maximum atomic E-state index is 10.9. The van der Waals surface area contributed by atoms with Crippen LogP contribution in [0.3, 0.4) is 0 Å². The van der Waals surface area contributed by atoms with Gasteiger partial charge in [-0.15, -0.1) is 0 Å². The number of carboxylic acid groups (broad SMARTS) is 4. The Morgan fingerprint density at radius 2 is 1.48 bits per heavy atom. The van der Waals surface area contributed by atoms with Gasteiger partial charge in [0.1, 0.15) is 6.04 Å². The third-order valence-corrected chi connectivity index (χ3v) is 2.32. The molecule has 0 radical (unpaired) electrons. The van der Waals surface area contributed by atoms with E-state index in [1.807, 2.05) is 0 Å². The van der Waals surface area contributed by atoms with E-state index in [0.29, 0.717) is 0 Å². The Labute approximate surface area is 119 Å². The number of aliphatic carboxylic acids is 4. The second-order valence-electron chi connectivity index (χ2n) is 4.01. The van der Waals surface area contributed by atoms with E-state index in [9.17, 15) is 19.2 Å². The molecule has 2 atom stereocenters. The molecule has 0 heterocycles. The van der Waals surface area contributed by atoms with Gasteiger partial charge in [-0.05, 0) is 0 Å². The second kappa shape index (κ2) is 8.51. The molecule has 0 aliphatic heterocycles. The summed E-state index contributed by atoms with van der Waals surface area (Å²) in [4.78, 5) is 46.5. The maximum absolute atomic E-state index is 10.9. The predicted octanol–water partition coefficient (Wildman–Crippen LogP) is -0.760. The molecule has 0 aliphatic rings. The molecule has 0 saturated carbocycles. The van der Waals surface area contributed by atoms with Gasteiger partial charge >= 0.3 is 23.9 Å². The first-order chi connectivity index (χ1) is 9.67. The lowest BCUT2D eigenvalue weighted by Gasteiger charge is -2.16. The molecule has 0 aromatic carbocycles. The quantitative estimate of drug-likeness (QED) is 0.271. The number of nitrogens with one attached hydrogen (secondary N) is 1. The Morgan fingerprint density at radius 3 is 1.81 bits per heavy atom. The van der Waals surface area contributed by atoms with Crippen LogP contribution in [0.15, 0.2) is 4.99 Å². The molecule has 118 valence electrons. The third-order valence-electron chi connectivity index (χ3n) is 2.32. The van der Waals surface area contributed by atoms with E-state index in [2.05, 4.69) is 10.3 Å². The maximum Gasteiger partial charge on any atom is 0.329 e. The van der Waals surface area contributed by atoms with Crippen LogP contribution >= 0.6 is 0 Å². The minimum atomic E-state index is -1.58. The van der Waals surface area contributed by atoms with Crippen molar-refractivity contribution in [3.05, 3.63) is 0 Å². The molecule has 0 rings (SSSR count). The van der Waals surface area contributed by atoms with E-state index < -0.39 is 48.8 Å². The van der Waals surface area contributed by atoms with E-state index in [1.54, 1.807) is 0 Å². The van der Waals surface area contributed by atoms with Crippen molar-refractivity contribution in [2.45, 2.75) is 38.3 Å². The Bertz CT molecular complexity index is 459. The van der Waals surface area contributed by atoms with Gasteiger partial charge in [0.2, 0.25) is 0 Å². The SMILES string of the molecule is CCC(=NC(CC(=O)O)C(=O)O)NC(CC(=O)O)C(=O)O. The van der Waals surface area contributed by atoms with Gasteiger partial charge in [0, 0.05) is 6.42 Å². The molecule has 10 heteroatoms. The number of nitrogens with zero attached hydrogens (tertiary/aromatic N) is 1. The average molecular weight is 304 g/mol. The first-order valence-electron chi connectivity index (χ1n) is 5.89. The Balaban J connectivity index is 5.12. The first kappa shape index (κ1) is 18.4. The lowest BCUT2D eigenvalue weighted by molar-refractivity contribution is -0.145. The fraction of sp³-hybridized carbons (Fsp3) is 0.545. The second-order valence-corrected chi connectivity index (χ2v) is 4.01. The highest BCUT2D eigenvalue weighted by molar-refractivity contribution is 5.91. The van der Waals surface area contributed by atoms with Gasteiger partial charge in [-0.1, -0.05) is 6.92 Å². The lowest BCUT2D eigenvalue weighted by atomic mass is 10.2. The summed E-state index contributed by atoms with van der Waals surface area (Å²) in [5.74, 6) is -5.73. The Kier molecular flexibility index (Phi) is 7.43. The zero-order valence-corrected chi connectivity index (χ0v) is 11.1. The first-order valence-corrected chi connectivity index (χ1v) is 5.89. The van der Waals surface area contributed by atoms with E-state index in [-0.39, 0.29) is 12.3 Å². The van der Waals surface area contributed by atoms with Crippen LogP contribution in [-0.4, -0.2) is 62.2 Å². The van der Waals surface area contributed by atoms with Crippen molar-refractivity contribution in [2.75, 3.05) is 0 Å². The number of carboxylic acids is 4. The minimum absolute atomic E-state index is 0.0858. The zero-order valence-electron chi connectivity index (χ0n) is 11.1. The highest BCUT2D eigenvalue weighted by Gasteiger charge is 2.24. The van der Waals surface area contributed by atoms with Crippen molar-refractivity contribution in [2.24, 2.45) is 4.99 Å². The van der Waals surface area contributed by atoms with E-state index in [0.717, 1.165) is 0 Å². The molecule has 0 bridgehead atoms. The highest BCUT2D eigenvalue weighted by Crippen LogP contribution is 2.02. The zero-order chi connectivity index (χ0) is 16.6. The number of hydrogen-bond donors (Lipinski definition) is 5. The number of hydrogen-bond acceptors (Lipinski definition) is 5. The normalized spacial score (nSPS) is 14.0. The van der Waals surface area contributed by atoms with Gasteiger partial charge in [0.25, 0.3) is 0 Å². The third kappa shape index (κ3) is 7.50. The smallest absolute Gasteiger partial charge is 0.329 e. The number of amidine groups is 1. The van der Waals surface area contributed by atoms with Gasteiger partial charge in [-0.3, -0.25) is 14.6 Å². The van der Waals surface area contributed by atoms with Gasteiger partial charge in [0.05, 0.1) is 18.7 Å². The molecule has 21 heavy (non-hydrogen) atoms. The summed E-state index contributed by atoms with van der Waals surface area (Å²) in [5, 5.41) is 37.2. The van der Waals surface area contributed by atoms with Crippen molar-refractivity contribution < 1.29 is 39.6 Å². The van der Waals surface area contributed by atoms with Crippen LogP contribution in [0.25, 0.3) is 0 Å². The topological polar surface area (TPSA) is 174 Å². The average Bonchev–Trinajstić information content (AvgIpc) is 2.34. The van der Waals surface area contributed by atoms with Gasteiger partial charge < -0.3 is 25.7 Å². The van der Waals surface area contributed by atoms with Crippen molar-refractivity contribution in [3.63, 3.8) is 0 Å². The predicted molar refractivity (Wildman–Crippen MR) is 68.2 cm³/mol. The molecular weight excluding hydrogens is 288 g/mol. The van der Waals surface area contributed by atoms with Crippen LogP contribution in [0.4, 0.5) is 0 Å². The molecular formula is C11H16N2O8. The number of carbonyl (C=O) groups is 4. The fourth-order valence-corrected chi connectivity index (χ4v) is 1.35. The van der Waals surface area contributed by atoms with Gasteiger partial charge in [-0.2, -0.15) is 0 Å². The molecule has 0 saturated heterocycles. The molecule has 10 nitrogen and oxygen atoms in total. The van der Waals surface area contributed by atoms with E-state index in [1.165, 1.54) is 6.92 Å². The summed E-state index contributed by atoms with van der Waals surface area (Å²) in [7, 11) is 0. The van der Waals surface area contributed by atoms with E-state index in [4.69, 9.17) is 20.4 Å². The molecule has 0 fully saturated rings. The summed E-state index contributed by atoms with van der Waals surface area (Å²) >= 11 is 0. The van der Waals surface area contributed by atoms with Crippen molar-refractivity contribution in [1.29, 1.82) is 0 Å². The van der Waals surface area contributed by atoms with Gasteiger partial charge in [-0.25, -0.2) is 9.59 Å². The van der Waals surface area contributed by atoms with Crippen LogP contribution in [-0.2, 0) is 19.2 Å². The molecule has 5 N–H and O–H groups in total. The molecule has 2 unspecified atom stereocenters. The minimum Gasteiger partial charge on any atom is -0.481 e. The Morgan fingerprint density at radius 1 is 0.952 bits per heavy atom. The summed E-state index contributed by atoms with van der Waals surface area (Å²) in [6.07, 6.45) is -1.41. The standard InChI is InChI=1S/C11H16N2O8/c1-2-7(12-5(10(18)19)3-8(14)15)13-6(11(20)21)4-9(16)17/h5-6H,2-4H2,1H3,(H,12,13)(H,14,15)(H,16,17)(H,18,19)(H,20,21). The summed E-state index contributed by atoms with van der Waals surface area (Å²) in [6, 6.07) is -3.07. The highest BCUT2D eigenvalue weighted by atomic mass is 16.4. The van der Waals surface area contributed by atoms with Crippen LogP contribution in [0.2, 0.25) is 0 Å². The molecule has 0 aliphatic carbocycles. The monoisotopic (exact) mass is 304 g/mol. The van der Waals surface area contributed by atoms with Crippen molar-refractivity contribution in [3.8, 4) is 0 Å². The molecule has 0 aromatic heterocycles.